The van der Waals surface area contributed by atoms with Crippen LogP contribution in [-0.4, -0.2) is 31.7 Å². The third-order valence-electron chi connectivity index (χ3n) is 5.53. The maximum absolute atomic E-state index is 5.86. The van der Waals surface area contributed by atoms with Crippen molar-refractivity contribution in [1.82, 2.24) is 10.7 Å². The number of methoxy groups -OCH3 is 1. The lowest BCUT2D eigenvalue weighted by molar-refractivity contribution is 0.211. The highest BCUT2D eigenvalue weighted by Gasteiger charge is 2.06. The van der Waals surface area contributed by atoms with E-state index in [0.29, 0.717) is 42.3 Å². The van der Waals surface area contributed by atoms with Crippen molar-refractivity contribution in [2.24, 2.45) is 5.10 Å². The molecule has 0 aromatic heterocycles. The molecule has 7 heteroatoms. The number of thiocarbonyl (C=S) groups is 1. The standard InChI is InChI=1S/C28H33N3O3S/c1-4-21(2)24-11-13-25(14-12-24)33-16-17-34-26-15-10-23(18-27(26)32-3)20-30-31-28(35)29-19-22-8-6-5-7-9-22/h5-15,18,20-21H,4,16-17,19H2,1-3H3,(H2,29,31,35)/b30-20-/t21-/m1/s1. The molecule has 0 unspecified atom stereocenters. The van der Waals surface area contributed by atoms with Crippen LogP contribution in [0.2, 0.25) is 0 Å². The Morgan fingerprint density at radius 3 is 2.43 bits per heavy atom. The first kappa shape index (κ1) is 26.0. The van der Waals surface area contributed by atoms with Gasteiger partial charge in [-0.25, -0.2) is 0 Å². The Bertz CT molecular complexity index is 1090. The molecular formula is C28H33N3O3S. The van der Waals surface area contributed by atoms with Crippen molar-refractivity contribution >= 4 is 23.5 Å². The van der Waals surface area contributed by atoms with Crippen LogP contribution in [0, 0.1) is 0 Å². The molecular weight excluding hydrogens is 458 g/mol. The molecule has 0 fully saturated rings. The molecule has 6 nitrogen and oxygen atoms in total. The maximum atomic E-state index is 5.86. The van der Waals surface area contributed by atoms with Crippen molar-refractivity contribution in [2.75, 3.05) is 20.3 Å². The Morgan fingerprint density at radius 1 is 0.971 bits per heavy atom. The van der Waals surface area contributed by atoms with Crippen LogP contribution in [0.5, 0.6) is 17.2 Å². The molecule has 0 aliphatic rings. The van der Waals surface area contributed by atoms with Crippen LogP contribution in [0.25, 0.3) is 0 Å². The topological polar surface area (TPSA) is 64.1 Å². The van der Waals surface area contributed by atoms with Gasteiger partial charge < -0.3 is 19.5 Å². The zero-order chi connectivity index (χ0) is 24.9. The first-order chi connectivity index (χ1) is 17.1. The lowest BCUT2D eigenvalue weighted by Gasteiger charge is -2.13. The van der Waals surface area contributed by atoms with E-state index in [4.69, 9.17) is 26.4 Å². The predicted molar refractivity (Wildman–Crippen MR) is 146 cm³/mol. The smallest absolute Gasteiger partial charge is 0.187 e. The number of hydrogen-bond acceptors (Lipinski definition) is 5. The number of nitrogens with one attached hydrogen (secondary N) is 2. The molecule has 0 bridgehead atoms. The van der Waals surface area contributed by atoms with Crippen molar-refractivity contribution in [3.63, 3.8) is 0 Å². The molecule has 0 radical (unpaired) electrons. The van der Waals surface area contributed by atoms with Crippen molar-refractivity contribution in [2.45, 2.75) is 32.7 Å². The molecule has 3 aromatic rings. The molecule has 3 rings (SSSR count). The normalized spacial score (nSPS) is 11.6. The molecule has 0 aliphatic carbocycles. The highest BCUT2D eigenvalue weighted by Crippen LogP contribution is 2.27. The van der Waals surface area contributed by atoms with Gasteiger partial charge in [-0.3, -0.25) is 5.43 Å². The van der Waals surface area contributed by atoms with E-state index in [1.54, 1.807) is 13.3 Å². The van der Waals surface area contributed by atoms with E-state index in [-0.39, 0.29) is 0 Å². The molecule has 3 aromatic carbocycles. The lowest BCUT2D eigenvalue weighted by Crippen LogP contribution is -2.31. The molecule has 0 spiro atoms. The highest BCUT2D eigenvalue weighted by molar-refractivity contribution is 7.80. The second-order valence-corrected chi connectivity index (χ2v) is 8.43. The third kappa shape index (κ3) is 8.61. The van der Waals surface area contributed by atoms with E-state index in [2.05, 4.69) is 41.8 Å². The minimum Gasteiger partial charge on any atom is -0.493 e. The van der Waals surface area contributed by atoms with E-state index in [1.807, 2.05) is 60.7 Å². The van der Waals surface area contributed by atoms with E-state index in [1.165, 1.54) is 5.56 Å². The van der Waals surface area contributed by atoms with Crippen molar-refractivity contribution in [3.8, 4) is 17.2 Å². The highest BCUT2D eigenvalue weighted by atomic mass is 32.1. The van der Waals surface area contributed by atoms with Gasteiger partial charge in [0.05, 0.1) is 13.3 Å². The average molecular weight is 492 g/mol. The minimum atomic E-state index is 0.403. The Labute approximate surface area is 213 Å². The molecule has 0 aliphatic heterocycles. The summed E-state index contributed by atoms with van der Waals surface area (Å²) in [5.41, 5.74) is 6.15. The van der Waals surface area contributed by atoms with Gasteiger partial charge in [0, 0.05) is 6.54 Å². The number of ether oxygens (including phenoxy) is 3. The number of hydrazone groups is 1. The number of rotatable bonds is 12. The van der Waals surface area contributed by atoms with Crippen LogP contribution in [0.1, 0.15) is 42.9 Å². The zero-order valence-electron chi connectivity index (χ0n) is 20.5. The Morgan fingerprint density at radius 2 is 1.71 bits per heavy atom. The molecule has 1 atom stereocenters. The quantitative estimate of drug-likeness (QED) is 0.147. The van der Waals surface area contributed by atoms with Gasteiger partial charge >= 0.3 is 0 Å². The summed E-state index contributed by atoms with van der Waals surface area (Å²) in [6.45, 7) is 5.89. The second-order valence-electron chi connectivity index (χ2n) is 8.02. The Balaban J connectivity index is 1.43. The first-order valence-corrected chi connectivity index (χ1v) is 12.1. The van der Waals surface area contributed by atoms with Crippen LogP contribution >= 0.6 is 12.2 Å². The van der Waals surface area contributed by atoms with Crippen molar-refractivity contribution < 1.29 is 14.2 Å². The van der Waals surface area contributed by atoms with E-state index < -0.39 is 0 Å². The summed E-state index contributed by atoms with van der Waals surface area (Å²) in [6.07, 6.45) is 2.80. The van der Waals surface area contributed by atoms with E-state index in [9.17, 15) is 0 Å². The fraction of sp³-hybridized carbons (Fsp3) is 0.286. The van der Waals surface area contributed by atoms with Gasteiger partial charge in [-0.2, -0.15) is 5.10 Å². The summed E-state index contributed by atoms with van der Waals surface area (Å²) < 4.78 is 17.1. The molecule has 184 valence electrons. The van der Waals surface area contributed by atoms with Gasteiger partial charge in [0.25, 0.3) is 0 Å². The number of benzene rings is 3. The van der Waals surface area contributed by atoms with Gasteiger partial charge in [-0.1, -0.05) is 56.3 Å². The summed E-state index contributed by atoms with van der Waals surface area (Å²) in [7, 11) is 1.61. The average Bonchev–Trinajstić information content (AvgIpc) is 2.90. The van der Waals surface area contributed by atoms with Crippen LogP contribution in [0.4, 0.5) is 0 Å². The fourth-order valence-corrected chi connectivity index (χ4v) is 3.43. The predicted octanol–water partition coefficient (Wildman–Crippen LogP) is 5.66. The van der Waals surface area contributed by atoms with E-state index in [0.717, 1.165) is 23.3 Å². The van der Waals surface area contributed by atoms with Crippen molar-refractivity contribution in [3.05, 3.63) is 89.5 Å². The van der Waals surface area contributed by atoms with Gasteiger partial charge in [-0.15, -0.1) is 0 Å². The Kier molecular flexibility index (Phi) is 10.4. The SMILES string of the molecule is CC[C@@H](C)c1ccc(OCCOc2ccc(/C=N\NC(=S)NCc3ccccc3)cc2OC)cc1. The maximum Gasteiger partial charge on any atom is 0.187 e. The van der Waals surface area contributed by atoms with E-state index >= 15 is 0 Å². The van der Waals surface area contributed by atoms with Crippen LogP contribution in [0.3, 0.4) is 0 Å². The van der Waals surface area contributed by atoms with Crippen LogP contribution in [0.15, 0.2) is 77.9 Å². The molecule has 0 saturated carbocycles. The number of hydrogen-bond donors (Lipinski definition) is 2. The monoisotopic (exact) mass is 491 g/mol. The molecule has 2 N–H and O–H groups in total. The summed E-state index contributed by atoms with van der Waals surface area (Å²) >= 11 is 5.26. The van der Waals surface area contributed by atoms with Crippen molar-refractivity contribution in [1.29, 1.82) is 0 Å². The summed E-state index contributed by atoms with van der Waals surface area (Å²) in [4.78, 5) is 0. The Hall–Kier alpha value is -3.58. The van der Waals surface area contributed by atoms with Crippen LogP contribution in [-0.2, 0) is 6.54 Å². The fourth-order valence-electron chi connectivity index (χ4n) is 3.31. The van der Waals surface area contributed by atoms with Crippen LogP contribution < -0.4 is 25.0 Å². The number of nitrogens with zero attached hydrogens (tertiary/aromatic N) is 1. The van der Waals surface area contributed by atoms with Gasteiger partial charge in [0.2, 0.25) is 0 Å². The first-order valence-electron chi connectivity index (χ1n) is 11.7. The molecule has 0 heterocycles. The largest absolute Gasteiger partial charge is 0.493 e. The van der Waals surface area contributed by atoms with Gasteiger partial charge in [0.1, 0.15) is 19.0 Å². The van der Waals surface area contributed by atoms with Gasteiger partial charge in [0.15, 0.2) is 16.6 Å². The molecule has 0 saturated heterocycles. The summed E-state index contributed by atoms with van der Waals surface area (Å²) in [5, 5.41) is 7.76. The summed E-state index contributed by atoms with van der Waals surface area (Å²) in [5.74, 6) is 2.66. The molecule has 0 amide bonds. The second kappa shape index (κ2) is 14.0. The minimum absolute atomic E-state index is 0.403. The third-order valence-corrected chi connectivity index (χ3v) is 5.77. The zero-order valence-corrected chi connectivity index (χ0v) is 21.3. The summed E-state index contributed by atoms with van der Waals surface area (Å²) in [6, 6.07) is 23.9. The van der Waals surface area contributed by atoms with Gasteiger partial charge in [-0.05, 0) is 71.6 Å². The lowest BCUT2D eigenvalue weighted by atomic mass is 9.99. The molecule has 35 heavy (non-hydrogen) atoms.